The number of nitro benzene ring substituents is 1. The van der Waals surface area contributed by atoms with Crippen LogP contribution in [0.3, 0.4) is 0 Å². The minimum atomic E-state index is -0.965. The van der Waals surface area contributed by atoms with Crippen LogP contribution in [-0.2, 0) is 4.79 Å². The van der Waals surface area contributed by atoms with Gasteiger partial charge < -0.3 is 4.74 Å². The number of nitro groups is 1. The van der Waals surface area contributed by atoms with Crippen LogP contribution < -0.4 is 15.6 Å². The zero-order chi connectivity index (χ0) is 19.3. The van der Waals surface area contributed by atoms with E-state index in [1.54, 1.807) is 6.92 Å². The van der Waals surface area contributed by atoms with E-state index in [0.717, 1.165) is 6.07 Å². The number of aryl methyl sites for hydroxylation is 1. The Morgan fingerprint density at radius 2 is 1.81 bits per heavy atom. The van der Waals surface area contributed by atoms with Gasteiger partial charge in [-0.2, -0.15) is 0 Å². The number of rotatable bonds is 5. The molecule has 2 aromatic carbocycles. The van der Waals surface area contributed by atoms with E-state index in [4.69, 9.17) is 4.74 Å². The average Bonchev–Trinajstić information content (AvgIpc) is 2.61. The fraction of sp³-hybridized carbons (Fsp3) is 0.176. The summed E-state index contributed by atoms with van der Waals surface area (Å²) in [6, 6.07) is 9.07. The van der Waals surface area contributed by atoms with Gasteiger partial charge in [-0.3, -0.25) is 30.6 Å². The second kappa shape index (κ2) is 8.06. The topological polar surface area (TPSA) is 111 Å². The van der Waals surface area contributed by atoms with Gasteiger partial charge in [-0.25, -0.2) is 4.39 Å². The smallest absolute Gasteiger partial charge is 0.279 e. The number of carbonyl (C=O) groups excluding carboxylic acids is 2. The predicted molar refractivity (Wildman–Crippen MR) is 89.9 cm³/mol. The number of hydrogen-bond acceptors (Lipinski definition) is 5. The first-order valence-corrected chi connectivity index (χ1v) is 7.55. The molecule has 0 aliphatic heterocycles. The number of amides is 2. The molecular weight excluding hydrogens is 345 g/mol. The van der Waals surface area contributed by atoms with Crippen molar-refractivity contribution in [3.63, 3.8) is 0 Å². The molecule has 2 amide bonds. The summed E-state index contributed by atoms with van der Waals surface area (Å²) >= 11 is 0. The minimum Gasteiger partial charge on any atom is -0.481 e. The van der Waals surface area contributed by atoms with Gasteiger partial charge in [0.2, 0.25) is 0 Å². The van der Waals surface area contributed by atoms with Crippen LogP contribution in [0.5, 0.6) is 5.75 Å². The molecule has 0 aliphatic carbocycles. The summed E-state index contributed by atoms with van der Waals surface area (Å²) in [4.78, 5) is 34.3. The highest BCUT2D eigenvalue weighted by molar-refractivity contribution is 5.96. The molecule has 2 aromatic rings. The lowest BCUT2D eigenvalue weighted by atomic mass is 10.1. The lowest BCUT2D eigenvalue weighted by molar-refractivity contribution is -0.385. The van der Waals surface area contributed by atoms with Crippen LogP contribution >= 0.6 is 0 Å². The SMILES string of the molecule is Cc1ccc(C(=O)NNC(=O)C(C)Oc2ccc(F)cc2)cc1[N+](=O)[O-]. The largest absolute Gasteiger partial charge is 0.481 e. The maximum atomic E-state index is 12.8. The molecule has 0 fully saturated rings. The van der Waals surface area contributed by atoms with E-state index < -0.39 is 28.7 Å². The Balaban J connectivity index is 1.93. The van der Waals surface area contributed by atoms with Crippen LogP contribution in [0.4, 0.5) is 10.1 Å². The highest BCUT2D eigenvalue weighted by Crippen LogP contribution is 2.19. The van der Waals surface area contributed by atoms with Crippen molar-refractivity contribution < 1.29 is 23.6 Å². The lowest BCUT2D eigenvalue weighted by Gasteiger charge is -2.15. The minimum absolute atomic E-state index is 0.0229. The number of hydrazine groups is 1. The van der Waals surface area contributed by atoms with Crippen molar-refractivity contribution in [3.05, 3.63) is 69.5 Å². The molecule has 2 N–H and O–H groups in total. The van der Waals surface area contributed by atoms with Crippen molar-refractivity contribution >= 4 is 17.5 Å². The van der Waals surface area contributed by atoms with E-state index in [1.165, 1.54) is 43.3 Å². The summed E-state index contributed by atoms with van der Waals surface area (Å²) in [7, 11) is 0. The van der Waals surface area contributed by atoms with Crippen LogP contribution in [0.2, 0.25) is 0 Å². The molecule has 2 rings (SSSR count). The molecule has 136 valence electrons. The highest BCUT2D eigenvalue weighted by Gasteiger charge is 2.18. The summed E-state index contributed by atoms with van der Waals surface area (Å²) < 4.78 is 18.1. The Morgan fingerprint density at radius 1 is 1.15 bits per heavy atom. The summed E-state index contributed by atoms with van der Waals surface area (Å²) in [5.74, 6) is -1.51. The number of carbonyl (C=O) groups is 2. The summed E-state index contributed by atoms with van der Waals surface area (Å²) in [5.41, 5.74) is 4.57. The second-order valence-corrected chi connectivity index (χ2v) is 5.42. The van der Waals surface area contributed by atoms with Crippen molar-refractivity contribution in [1.29, 1.82) is 0 Å². The van der Waals surface area contributed by atoms with Gasteiger partial charge in [0.15, 0.2) is 6.10 Å². The first kappa shape index (κ1) is 18.8. The van der Waals surface area contributed by atoms with Crippen molar-refractivity contribution in [2.24, 2.45) is 0 Å². The van der Waals surface area contributed by atoms with Crippen LogP contribution in [-0.4, -0.2) is 22.8 Å². The molecule has 26 heavy (non-hydrogen) atoms. The standard InChI is InChI=1S/C17H16FN3O5/c1-10-3-4-12(9-15(10)21(24)25)17(23)20-19-16(22)11(2)26-14-7-5-13(18)6-8-14/h3-9,11H,1-2H3,(H,19,22)(H,20,23). The summed E-state index contributed by atoms with van der Waals surface area (Å²) in [6.07, 6.45) is -0.965. The number of nitrogens with one attached hydrogen (secondary N) is 2. The Bertz CT molecular complexity index is 839. The Morgan fingerprint density at radius 3 is 2.42 bits per heavy atom. The molecule has 0 bridgehead atoms. The fourth-order valence-electron chi connectivity index (χ4n) is 2.01. The number of nitrogens with zero attached hydrogens (tertiary/aromatic N) is 1. The van der Waals surface area contributed by atoms with Crippen molar-refractivity contribution in [2.75, 3.05) is 0 Å². The van der Waals surface area contributed by atoms with E-state index in [1.807, 2.05) is 0 Å². The summed E-state index contributed by atoms with van der Waals surface area (Å²) in [6.45, 7) is 3.00. The van der Waals surface area contributed by atoms with Gasteiger partial charge in [-0.15, -0.1) is 0 Å². The molecule has 0 heterocycles. The number of benzene rings is 2. The van der Waals surface area contributed by atoms with E-state index in [-0.39, 0.29) is 17.0 Å². The van der Waals surface area contributed by atoms with Gasteiger partial charge in [0.1, 0.15) is 11.6 Å². The van der Waals surface area contributed by atoms with Gasteiger partial charge in [-0.1, -0.05) is 6.07 Å². The Labute approximate surface area is 148 Å². The van der Waals surface area contributed by atoms with Crippen LogP contribution in [0.25, 0.3) is 0 Å². The predicted octanol–water partition coefficient (Wildman–Crippen LogP) is 2.27. The number of hydrogen-bond donors (Lipinski definition) is 2. The highest BCUT2D eigenvalue weighted by atomic mass is 19.1. The Hall–Kier alpha value is -3.49. The third kappa shape index (κ3) is 4.76. The summed E-state index contributed by atoms with van der Waals surface area (Å²) in [5, 5.41) is 10.9. The molecule has 0 radical (unpaired) electrons. The van der Waals surface area contributed by atoms with E-state index >= 15 is 0 Å². The van der Waals surface area contributed by atoms with E-state index in [0.29, 0.717) is 5.56 Å². The first-order chi connectivity index (χ1) is 12.3. The van der Waals surface area contributed by atoms with Gasteiger partial charge in [0.05, 0.1) is 4.92 Å². The second-order valence-electron chi connectivity index (χ2n) is 5.42. The van der Waals surface area contributed by atoms with E-state index in [9.17, 15) is 24.1 Å². The van der Waals surface area contributed by atoms with Crippen molar-refractivity contribution in [1.82, 2.24) is 10.9 Å². The van der Waals surface area contributed by atoms with Crippen molar-refractivity contribution in [3.8, 4) is 5.75 Å². The fourth-order valence-corrected chi connectivity index (χ4v) is 2.01. The monoisotopic (exact) mass is 361 g/mol. The molecule has 1 unspecified atom stereocenters. The zero-order valence-electron chi connectivity index (χ0n) is 14.0. The molecule has 9 heteroatoms. The normalized spacial score (nSPS) is 11.3. The number of ether oxygens (including phenoxy) is 1. The first-order valence-electron chi connectivity index (χ1n) is 7.55. The molecule has 0 spiro atoms. The zero-order valence-corrected chi connectivity index (χ0v) is 14.0. The third-order valence-electron chi connectivity index (χ3n) is 3.46. The van der Waals surface area contributed by atoms with Crippen LogP contribution in [0, 0.1) is 22.9 Å². The van der Waals surface area contributed by atoms with Crippen LogP contribution in [0.1, 0.15) is 22.8 Å². The number of halogens is 1. The van der Waals surface area contributed by atoms with Crippen molar-refractivity contribution in [2.45, 2.75) is 20.0 Å². The van der Waals surface area contributed by atoms with Gasteiger partial charge >= 0.3 is 0 Å². The third-order valence-corrected chi connectivity index (χ3v) is 3.46. The molecule has 0 saturated heterocycles. The van der Waals surface area contributed by atoms with Gasteiger partial charge in [0, 0.05) is 17.2 Å². The van der Waals surface area contributed by atoms with E-state index in [2.05, 4.69) is 10.9 Å². The maximum absolute atomic E-state index is 12.8. The quantitative estimate of drug-likeness (QED) is 0.627. The molecule has 0 saturated carbocycles. The average molecular weight is 361 g/mol. The lowest BCUT2D eigenvalue weighted by Crippen LogP contribution is -2.47. The van der Waals surface area contributed by atoms with Gasteiger partial charge in [0.25, 0.3) is 17.5 Å². The van der Waals surface area contributed by atoms with Gasteiger partial charge in [-0.05, 0) is 44.2 Å². The molecule has 8 nitrogen and oxygen atoms in total. The molecular formula is C17H16FN3O5. The Kier molecular flexibility index (Phi) is 5.84. The maximum Gasteiger partial charge on any atom is 0.279 e. The molecule has 0 aliphatic rings. The van der Waals surface area contributed by atoms with Crippen LogP contribution in [0.15, 0.2) is 42.5 Å². The molecule has 0 aromatic heterocycles. The molecule has 1 atom stereocenters.